The number of rotatable bonds is 4. The SMILES string of the molecule is CC(C)N(C(=O)Cc1cc[nH]c(=O)c1Br)C(C)C. The van der Waals surface area contributed by atoms with E-state index in [0.29, 0.717) is 4.47 Å². The Morgan fingerprint density at radius 3 is 2.39 bits per heavy atom. The van der Waals surface area contributed by atoms with E-state index in [0.717, 1.165) is 5.56 Å². The number of amides is 1. The van der Waals surface area contributed by atoms with Gasteiger partial charge in [-0.2, -0.15) is 0 Å². The molecule has 0 aliphatic carbocycles. The Labute approximate surface area is 116 Å². The first kappa shape index (κ1) is 15.0. The number of carbonyl (C=O) groups excluding carboxylic acids is 1. The summed E-state index contributed by atoms with van der Waals surface area (Å²) in [6, 6.07) is 2.05. The number of H-pyrrole nitrogens is 1. The van der Waals surface area contributed by atoms with Crippen molar-refractivity contribution in [1.82, 2.24) is 9.88 Å². The van der Waals surface area contributed by atoms with Crippen molar-refractivity contribution in [1.29, 1.82) is 0 Å². The lowest BCUT2D eigenvalue weighted by atomic mass is 10.1. The van der Waals surface area contributed by atoms with Crippen LogP contribution in [0.25, 0.3) is 0 Å². The fraction of sp³-hybridized carbons (Fsp3) is 0.538. The molecule has 0 radical (unpaired) electrons. The highest BCUT2D eigenvalue weighted by Crippen LogP contribution is 2.14. The van der Waals surface area contributed by atoms with E-state index in [4.69, 9.17) is 0 Å². The van der Waals surface area contributed by atoms with Crippen molar-refractivity contribution in [2.75, 3.05) is 0 Å². The van der Waals surface area contributed by atoms with Crippen LogP contribution in [0.3, 0.4) is 0 Å². The third kappa shape index (κ3) is 3.45. The van der Waals surface area contributed by atoms with E-state index in [1.807, 2.05) is 32.6 Å². The summed E-state index contributed by atoms with van der Waals surface area (Å²) in [6.07, 6.45) is 1.80. The molecule has 1 aromatic rings. The monoisotopic (exact) mass is 314 g/mol. The maximum absolute atomic E-state index is 12.3. The second kappa shape index (κ2) is 6.18. The summed E-state index contributed by atoms with van der Waals surface area (Å²) in [5.41, 5.74) is 0.510. The Balaban J connectivity index is 2.93. The lowest BCUT2D eigenvalue weighted by molar-refractivity contribution is -0.134. The molecule has 0 aliphatic heterocycles. The molecule has 0 atom stereocenters. The first-order valence-electron chi connectivity index (χ1n) is 6.01. The van der Waals surface area contributed by atoms with Crippen molar-refractivity contribution in [3.8, 4) is 0 Å². The average Bonchev–Trinajstić information content (AvgIpc) is 2.23. The van der Waals surface area contributed by atoms with Crippen LogP contribution in [0.1, 0.15) is 33.3 Å². The average molecular weight is 315 g/mol. The number of carbonyl (C=O) groups is 1. The van der Waals surface area contributed by atoms with Crippen molar-refractivity contribution in [2.24, 2.45) is 0 Å². The standard InChI is InChI=1S/C13H19BrN2O2/c1-8(2)16(9(3)4)11(17)7-10-5-6-15-13(18)12(10)14/h5-6,8-9H,7H2,1-4H3,(H,15,18). The van der Waals surface area contributed by atoms with Gasteiger partial charge in [0.25, 0.3) is 5.56 Å². The number of halogens is 1. The van der Waals surface area contributed by atoms with Crippen LogP contribution in [0.4, 0.5) is 0 Å². The molecular formula is C13H19BrN2O2. The van der Waals surface area contributed by atoms with Crippen LogP contribution >= 0.6 is 15.9 Å². The molecule has 0 saturated carbocycles. The summed E-state index contributed by atoms with van der Waals surface area (Å²) in [4.78, 5) is 28.1. The van der Waals surface area contributed by atoms with Crippen LogP contribution in [-0.4, -0.2) is 27.9 Å². The first-order valence-corrected chi connectivity index (χ1v) is 6.81. The molecule has 0 aliphatic rings. The van der Waals surface area contributed by atoms with E-state index in [1.54, 1.807) is 12.3 Å². The first-order chi connectivity index (χ1) is 8.34. The van der Waals surface area contributed by atoms with Crippen molar-refractivity contribution >= 4 is 21.8 Å². The van der Waals surface area contributed by atoms with Gasteiger partial charge in [-0.15, -0.1) is 0 Å². The molecule has 100 valence electrons. The van der Waals surface area contributed by atoms with Gasteiger partial charge in [0, 0.05) is 18.3 Å². The van der Waals surface area contributed by atoms with Gasteiger partial charge in [-0.05, 0) is 55.3 Å². The van der Waals surface area contributed by atoms with Gasteiger partial charge < -0.3 is 9.88 Å². The summed E-state index contributed by atoms with van der Waals surface area (Å²) in [5, 5.41) is 0. The summed E-state index contributed by atoms with van der Waals surface area (Å²) in [6.45, 7) is 7.96. The van der Waals surface area contributed by atoms with Crippen LogP contribution in [-0.2, 0) is 11.2 Å². The number of nitrogens with zero attached hydrogens (tertiary/aromatic N) is 1. The summed E-state index contributed by atoms with van der Waals surface area (Å²) in [7, 11) is 0. The van der Waals surface area contributed by atoms with E-state index < -0.39 is 0 Å². The molecule has 0 spiro atoms. The van der Waals surface area contributed by atoms with Crippen molar-refractivity contribution in [3.05, 3.63) is 32.7 Å². The Morgan fingerprint density at radius 2 is 1.89 bits per heavy atom. The highest BCUT2D eigenvalue weighted by atomic mass is 79.9. The molecule has 1 N–H and O–H groups in total. The Kier molecular flexibility index (Phi) is 5.14. The minimum atomic E-state index is -0.207. The highest BCUT2D eigenvalue weighted by Gasteiger charge is 2.21. The van der Waals surface area contributed by atoms with Gasteiger partial charge in [0.2, 0.25) is 5.91 Å². The number of nitrogens with one attached hydrogen (secondary N) is 1. The summed E-state index contributed by atoms with van der Waals surface area (Å²) in [5.74, 6) is 0.0336. The van der Waals surface area contributed by atoms with Gasteiger partial charge in [0.15, 0.2) is 0 Å². The fourth-order valence-corrected chi connectivity index (χ4v) is 2.45. The molecule has 5 heteroatoms. The lowest BCUT2D eigenvalue weighted by Gasteiger charge is -2.31. The second-order valence-electron chi connectivity index (χ2n) is 4.81. The third-order valence-corrected chi connectivity index (χ3v) is 3.59. The van der Waals surface area contributed by atoms with Gasteiger partial charge in [-0.1, -0.05) is 0 Å². The minimum Gasteiger partial charge on any atom is -0.338 e. The zero-order valence-electron chi connectivity index (χ0n) is 11.2. The van der Waals surface area contributed by atoms with Crippen molar-refractivity contribution < 1.29 is 4.79 Å². The molecule has 1 heterocycles. The number of hydrogen-bond donors (Lipinski definition) is 1. The van der Waals surface area contributed by atoms with Crippen LogP contribution in [0.2, 0.25) is 0 Å². The molecule has 0 saturated heterocycles. The molecule has 1 rings (SSSR count). The summed E-state index contributed by atoms with van der Waals surface area (Å²) >= 11 is 3.22. The Morgan fingerprint density at radius 1 is 1.33 bits per heavy atom. The van der Waals surface area contributed by atoms with Crippen molar-refractivity contribution in [3.63, 3.8) is 0 Å². The molecule has 1 aromatic heterocycles. The van der Waals surface area contributed by atoms with Crippen LogP contribution < -0.4 is 5.56 Å². The number of aromatic amines is 1. The van der Waals surface area contributed by atoms with Crippen molar-refractivity contribution in [2.45, 2.75) is 46.2 Å². The predicted molar refractivity (Wildman–Crippen MR) is 75.6 cm³/mol. The van der Waals surface area contributed by atoms with E-state index in [1.165, 1.54) is 0 Å². The molecule has 0 fully saturated rings. The van der Waals surface area contributed by atoms with Gasteiger partial charge in [0.1, 0.15) is 0 Å². The topological polar surface area (TPSA) is 53.2 Å². The zero-order chi connectivity index (χ0) is 13.9. The zero-order valence-corrected chi connectivity index (χ0v) is 12.7. The largest absolute Gasteiger partial charge is 0.338 e. The Bertz CT molecular complexity index is 472. The maximum Gasteiger partial charge on any atom is 0.262 e. The number of pyridine rings is 1. The molecule has 0 bridgehead atoms. The smallest absolute Gasteiger partial charge is 0.262 e. The third-order valence-electron chi connectivity index (χ3n) is 2.72. The van der Waals surface area contributed by atoms with Gasteiger partial charge >= 0.3 is 0 Å². The predicted octanol–water partition coefficient (Wildman–Crippen LogP) is 2.33. The minimum absolute atomic E-state index is 0.0336. The van der Waals surface area contributed by atoms with Crippen LogP contribution in [0.15, 0.2) is 21.5 Å². The van der Waals surface area contributed by atoms with Gasteiger partial charge in [-0.25, -0.2) is 0 Å². The maximum atomic E-state index is 12.3. The lowest BCUT2D eigenvalue weighted by Crippen LogP contribution is -2.43. The molecule has 18 heavy (non-hydrogen) atoms. The highest BCUT2D eigenvalue weighted by molar-refractivity contribution is 9.10. The normalized spacial score (nSPS) is 11.1. The molecule has 4 nitrogen and oxygen atoms in total. The summed E-state index contributed by atoms with van der Waals surface area (Å²) < 4.78 is 0.436. The Hall–Kier alpha value is -1.10. The van der Waals surface area contributed by atoms with E-state index in [2.05, 4.69) is 20.9 Å². The van der Waals surface area contributed by atoms with E-state index in [-0.39, 0.29) is 30.0 Å². The molecule has 0 aromatic carbocycles. The molecular weight excluding hydrogens is 296 g/mol. The number of hydrogen-bond acceptors (Lipinski definition) is 2. The van der Waals surface area contributed by atoms with Crippen LogP contribution in [0, 0.1) is 0 Å². The molecule has 1 amide bonds. The molecule has 0 unspecified atom stereocenters. The van der Waals surface area contributed by atoms with E-state index >= 15 is 0 Å². The van der Waals surface area contributed by atoms with Crippen LogP contribution in [0.5, 0.6) is 0 Å². The van der Waals surface area contributed by atoms with E-state index in [9.17, 15) is 9.59 Å². The number of aromatic nitrogens is 1. The van der Waals surface area contributed by atoms with Gasteiger partial charge in [0.05, 0.1) is 10.9 Å². The van der Waals surface area contributed by atoms with Gasteiger partial charge in [-0.3, -0.25) is 9.59 Å². The quantitative estimate of drug-likeness (QED) is 0.927. The fourth-order valence-electron chi connectivity index (χ4n) is 2.06. The second-order valence-corrected chi connectivity index (χ2v) is 5.60.